The quantitative estimate of drug-likeness (QED) is 0.441. The van der Waals surface area contributed by atoms with Crippen molar-refractivity contribution in [2.24, 2.45) is 11.8 Å². The van der Waals surface area contributed by atoms with Crippen molar-refractivity contribution in [2.75, 3.05) is 18.9 Å². The van der Waals surface area contributed by atoms with E-state index in [1.807, 2.05) is 6.07 Å². The highest BCUT2D eigenvalue weighted by molar-refractivity contribution is 6.03. The first-order chi connectivity index (χ1) is 18.7. The van der Waals surface area contributed by atoms with E-state index < -0.39 is 65.3 Å². The topological polar surface area (TPSA) is 164 Å². The third kappa shape index (κ3) is 4.99. The van der Waals surface area contributed by atoms with Crippen LogP contribution in [0.25, 0.3) is 0 Å². The summed E-state index contributed by atoms with van der Waals surface area (Å²) in [6.45, 7) is 0.436. The summed E-state index contributed by atoms with van der Waals surface area (Å²) in [4.78, 5) is 52.9. The van der Waals surface area contributed by atoms with Crippen LogP contribution >= 0.6 is 0 Å². The van der Waals surface area contributed by atoms with Gasteiger partial charge in [0.05, 0.1) is 30.2 Å². The number of likely N-dealkylation sites (N-methyl/N-ethyl adjacent to an activating group) is 1. The Balaban J connectivity index is 1.71. The zero-order valence-electron chi connectivity index (χ0n) is 21.3. The summed E-state index contributed by atoms with van der Waals surface area (Å²) in [6.07, 6.45) is -4.53. The minimum Gasteiger partial charge on any atom is -0.473 e. The lowest BCUT2D eigenvalue weighted by Gasteiger charge is -2.39. The molecule has 0 aromatic heterocycles. The molecule has 1 spiro atoms. The van der Waals surface area contributed by atoms with Crippen LogP contribution in [0.15, 0.2) is 12.1 Å². The van der Waals surface area contributed by atoms with Crippen molar-refractivity contribution in [1.29, 1.82) is 10.5 Å². The lowest BCUT2D eigenvalue weighted by atomic mass is 9.79. The number of rotatable bonds is 6. The van der Waals surface area contributed by atoms with Crippen LogP contribution in [0.5, 0.6) is 5.75 Å². The zero-order valence-corrected chi connectivity index (χ0v) is 21.3. The van der Waals surface area contributed by atoms with Gasteiger partial charge < -0.3 is 25.6 Å². The molecule has 4 atom stereocenters. The summed E-state index contributed by atoms with van der Waals surface area (Å²) >= 11 is 0. The number of nitriles is 2. The highest BCUT2D eigenvalue weighted by Crippen LogP contribution is 2.44. The lowest BCUT2D eigenvalue weighted by molar-refractivity contribution is -0.177. The molecule has 1 aromatic rings. The summed E-state index contributed by atoms with van der Waals surface area (Å²) < 4.78 is 59.9. The molecule has 212 valence electrons. The SMILES string of the molecule is CNC(=O)C(C)(NC(=O)C(F)(F)F)[C@H](CC1CC1)C(=O)N1C[C@@]2(C[C@H]1C#N)Oc1cc(C#N)cc(F)c1NC2=O. The molecular formula is C25H24F4N6O5. The van der Waals surface area contributed by atoms with Gasteiger partial charge in [0.15, 0.2) is 5.82 Å². The third-order valence-electron chi connectivity index (χ3n) is 7.49. The predicted molar refractivity (Wildman–Crippen MR) is 126 cm³/mol. The fourth-order valence-corrected chi connectivity index (χ4v) is 5.13. The van der Waals surface area contributed by atoms with Gasteiger partial charge in [-0.05, 0) is 25.3 Å². The van der Waals surface area contributed by atoms with E-state index in [-0.39, 0.29) is 35.8 Å². The van der Waals surface area contributed by atoms with Crippen molar-refractivity contribution in [1.82, 2.24) is 15.5 Å². The van der Waals surface area contributed by atoms with Crippen LogP contribution in [-0.2, 0) is 19.2 Å². The second kappa shape index (κ2) is 9.97. The molecule has 2 fully saturated rings. The highest BCUT2D eigenvalue weighted by atomic mass is 19.4. The standard InChI is InChI=1S/C25H24F4N6O5/c1-23(20(37)32-2,34-22(39)25(27,28)29)15(5-12-3-4-12)19(36)35-11-24(8-14(35)10-31)21(38)33-18-16(26)6-13(9-30)7-17(18)40-24/h6-7,12,14-15H,3-5,8,11H2,1-2H3,(H,32,37)(H,33,38)(H,34,39)/t14-,15+,23?,24+/m0/s1. The zero-order chi connectivity index (χ0) is 29.6. The average Bonchev–Trinajstić information content (AvgIpc) is 3.65. The van der Waals surface area contributed by atoms with Crippen LogP contribution in [0.4, 0.5) is 23.2 Å². The molecule has 11 nitrogen and oxygen atoms in total. The maximum Gasteiger partial charge on any atom is 0.471 e. The number of nitrogens with one attached hydrogen (secondary N) is 3. The summed E-state index contributed by atoms with van der Waals surface area (Å²) in [6, 6.07) is 4.38. The van der Waals surface area contributed by atoms with E-state index in [2.05, 4.69) is 10.6 Å². The number of fused-ring (bicyclic) bond motifs is 1. The van der Waals surface area contributed by atoms with E-state index in [1.165, 1.54) is 6.07 Å². The molecule has 2 heterocycles. The van der Waals surface area contributed by atoms with Crippen molar-refractivity contribution in [3.63, 3.8) is 0 Å². The van der Waals surface area contributed by atoms with Gasteiger partial charge in [-0.15, -0.1) is 0 Å². The number of hydrogen-bond donors (Lipinski definition) is 3. The Morgan fingerprint density at radius 1 is 1.25 bits per heavy atom. The number of anilines is 1. The third-order valence-corrected chi connectivity index (χ3v) is 7.49. The van der Waals surface area contributed by atoms with E-state index in [0.717, 1.165) is 24.9 Å². The number of ether oxygens (including phenoxy) is 1. The van der Waals surface area contributed by atoms with Crippen molar-refractivity contribution in [2.45, 2.75) is 56.0 Å². The molecule has 15 heteroatoms. The summed E-state index contributed by atoms with van der Waals surface area (Å²) in [5, 5.41) is 25.2. The molecule has 0 bridgehead atoms. The molecule has 1 unspecified atom stereocenters. The molecule has 1 saturated heterocycles. The first-order valence-corrected chi connectivity index (χ1v) is 12.2. The maximum atomic E-state index is 14.5. The number of benzene rings is 1. The minimum atomic E-state index is -5.35. The molecule has 1 aliphatic carbocycles. The van der Waals surface area contributed by atoms with E-state index >= 15 is 0 Å². The average molecular weight is 564 g/mol. The van der Waals surface area contributed by atoms with Gasteiger partial charge in [-0.1, -0.05) is 12.8 Å². The predicted octanol–water partition coefficient (Wildman–Crippen LogP) is 1.49. The van der Waals surface area contributed by atoms with Gasteiger partial charge in [0, 0.05) is 19.5 Å². The van der Waals surface area contributed by atoms with Gasteiger partial charge >= 0.3 is 12.1 Å². The molecule has 40 heavy (non-hydrogen) atoms. The van der Waals surface area contributed by atoms with E-state index in [1.54, 1.807) is 11.4 Å². The van der Waals surface area contributed by atoms with Crippen molar-refractivity contribution >= 4 is 29.3 Å². The summed E-state index contributed by atoms with van der Waals surface area (Å²) in [7, 11) is 1.13. The van der Waals surface area contributed by atoms with Crippen LogP contribution in [0.1, 0.15) is 38.2 Å². The number of carbonyl (C=O) groups is 4. The first kappa shape index (κ1) is 28.6. The van der Waals surface area contributed by atoms with Crippen LogP contribution in [0.3, 0.4) is 0 Å². The molecule has 3 N–H and O–H groups in total. The Morgan fingerprint density at radius 2 is 1.93 bits per heavy atom. The first-order valence-electron chi connectivity index (χ1n) is 12.2. The Morgan fingerprint density at radius 3 is 2.48 bits per heavy atom. The van der Waals surface area contributed by atoms with Gasteiger partial charge in [0.1, 0.15) is 23.0 Å². The molecular weight excluding hydrogens is 540 g/mol. The monoisotopic (exact) mass is 564 g/mol. The molecule has 4 rings (SSSR count). The molecule has 1 aromatic carbocycles. The van der Waals surface area contributed by atoms with Crippen LogP contribution in [0, 0.1) is 40.3 Å². The van der Waals surface area contributed by atoms with E-state index in [4.69, 9.17) is 4.74 Å². The minimum absolute atomic E-state index is 0.0742. The molecule has 4 amide bonds. The van der Waals surface area contributed by atoms with Crippen LogP contribution < -0.4 is 20.7 Å². The highest BCUT2D eigenvalue weighted by Gasteiger charge is 2.59. The number of nitrogens with zero attached hydrogens (tertiary/aromatic N) is 3. The Bertz CT molecular complexity index is 1370. The smallest absolute Gasteiger partial charge is 0.471 e. The molecule has 1 saturated carbocycles. The number of halogens is 4. The Labute approximate surface area is 225 Å². The van der Waals surface area contributed by atoms with Gasteiger partial charge in [-0.3, -0.25) is 19.2 Å². The Hall–Kier alpha value is -4.40. The van der Waals surface area contributed by atoms with E-state index in [9.17, 15) is 47.3 Å². The maximum absolute atomic E-state index is 14.5. The number of carbonyl (C=O) groups excluding carboxylic acids is 4. The Kier molecular flexibility index (Phi) is 7.13. The van der Waals surface area contributed by atoms with E-state index in [0.29, 0.717) is 12.8 Å². The fourth-order valence-electron chi connectivity index (χ4n) is 5.13. The van der Waals surface area contributed by atoms with Gasteiger partial charge in [0.2, 0.25) is 17.4 Å². The van der Waals surface area contributed by atoms with Gasteiger partial charge in [0.25, 0.3) is 5.91 Å². The van der Waals surface area contributed by atoms with Crippen molar-refractivity contribution in [3.8, 4) is 17.9 Å². The number of likely N-dealkylation sites (tertiary alicyclic amines) is 1. The van der Waals surface area contributed by atoms with Crippen molar-refractivity contribution in [3.05, 3.63) is 23.5 Å². The van der Waals surface area contributed by atoms with Crippen LogP contribution in [-0.4, -0.2) is 65.5 Å². The number of alkyl halides is 3. The fraction of sp³-hybridized carbons (Fsp3) is 0.520. The second-order valence-electron chi connectivity index (χ2n) is 10.3. The molecule has 0 radical (unpaired) electrons. The molecule has 2 aliphatic heterocycles. The van der Waals surface area contributed by atoms with Gasteiger partial charge in [-0.2, -0.15) is 23.7 Å². The number of amides is 4. The normalized spacial score (nSPS) is 23.9. The largest absolute Gasteiger partial charge is 0.473 e. The summed E-state index contributed by atoms with van der Waals surface area (Å²) in [5.41, 5.74) is -4.71. The lowest BCUT2D eigenvalue weighted by Crippen LogP contribution is -2.66. The van der Waals surface area contributed by atoms with Crippen molar-refractivity contribution < 1.29 is 41.5 Å². The number of hydrogen-bond acceptors (Lipinski definition) is 7. The van der Waals surface area contributed by atoms with Crippen LogP contribution in [0.2, 0.25) is 0 Å². The second-order valence-corrected chi connectivity index (χ2v) is 10.3. The van der Waals surface area contributed by atoms with Gasteiger partial charge in [-0.25, -0.2) is 4.39 Å². The summed E-state index contributed by atoms with van der Waals surface area (Å²) in [5.74, 6) is -8.11. The molecule has 3 aliphatic rings.